The van der Waals surface area contributed by atoms with Crippen molar-refractivity contribution < 1.29 is 23.8 Å². The van der Waals surface area contributed by atoms with Crippen LogP contribution in [0.4, 0.5) is 4.39 Å². The van der Waals surface area contributed by atoms with E-state index in [2.05, 4.69) is 16.8 Å². The van der Waals surface area contributed by atoms with Gasteiger partial charge in [-0.3, -0.25) is 9.88 Å². The molecule has 2 aromatic heterocycles. The summed E-state index contributed by atoms with van der Waals surface area (Å²) in [4.78, 5) is 22.9. The molecule has 0 unspecified atom stereocenters. The number of nitrogens with zero attached hydrogens (tertiary/aromatic N) is 4. The van der Waals surface area contributed by atoms with E-state index in [9.17, 15) is 9.90 Å². The molecule has 0 aliphatic carbocycles. The highest BCUT2D eigenvalue weighted by molar-refractivity contribution is 6.32. The highest BCUT2D eigenvalue weighted by Gasteiger charge is 2.30. The van der Waals surface area contributed by atoms with Gasteiger partial charge < -0.3 is 19.1 Å². The minimum absolute atomic E-state index is 0.00432. The fraction of sp³-hybridized carbons (Fsp3) is 0.345. The molecule has 0 bridgehead atoms. The second-order valence-electron chi connectivity index (χ2n) is 10.2. The first-order valence-corrected chi connectivity index (χ1v) is 13.9. The lowest BCUT2D eigenvalue weighted by molar-refractivity contribution is -0.0593. The third-order valence-corrected chi connectivity index (χ3v) is 8.22. The Balaban J connectivity index is 1.28. The van der Waals surface area contributed by atoms with Crippen molar-refractivity contribution in [3.8, 4) is 5.75 Å². The minimum atomic E-state index is -1.31. The Morgan fingerprint density at radius 2 is 2.08 bits per heavy atom. The Labute approximate surface area is 240 Å². The van der Waals surface area contributed by atoms with Gasteiger partial charge in [0.25, 0.3) is 0 Å². The van der Waals surface area contributed by atoms with E-state index in [4.69, 9.17) is 37.7 Å². The molecule has 4 heterocycles. The van der Waals surface area contributed by atoms with Gasteiger partial charge >= 0.3 is 5.97 Å². The number of aromatic nitrogens is 3. The van der Waals surface area contributed by atoms with Crippen LogP contribution in [-0.4, -0.2) is 49.8 Å². The van der Waals surface area contributed by atoms with Crippen LogP contribution in [0.2, 0.25) is 10.0 Å². The Morgan fingerprint density at radius 1 is 1.25 bits per heavy atom. The van der Waals surface area contributed by atoms with Gasteiger partial charge in [-0.25, -0.2) is 14.2 Å². The molecule has 2 aliphatic rings. The molecule has 40 heavy (non-hydrogen) atoms. The molecule has 2 atom stereocenters. The maximum absolute atomic E-state index is 15.4. The third kappa shape index (κ3) is 5.14. The van der Waals surface area contributed by atoms with Gasteiger partial charge in [0, 0.05) is 25.4 Å². The van der Waals surface area contributed by atoms with Gasteiger partial charge in [-0.1, -0.05) is 23.2 Å². The quantitative estimate of drug-likeness (QED) is 0.269. The summed E-state index contributed by atoms with van der Waals surface area (Å²) in [6.07, 6.45) is 3.16. The Hall–Kier alpha value is -3.24. The largest absolute Gasteiger partial charge is 0.486 e. The van der Waals surface area contributed by atoms with Crippen LogP contribution < -0.4 is 4.74 Å². The van der Waals surface area contributed by atoms with E-state index in [1.165, 1.54) is 6.07 Å². The molecule has 1 N–H and O–H groups in total. The number of fused-ring (bicyclic) bond motifs is 2. The molecule has 0 amide bonds. The summed E-state index contributed by atoms with van der Waals surface area (Å²) < 4.78 is 28.8. The molecule has 0 saturated carbocycles. The van der Waals surface area contributed by atoms with Gasteiger partial charge in [0.05, 0.1) is 46.0 Å². The molecule has 0 radical (unpaired) electrons. The summed E-state index contributed by atoms with van der Waals surface area (Å²) in [5, 5.41) is 10.6. The number of carbonyl (C=O) groups is 1. The number of pyridine rings is 1. The van der Waals surface area contributed by atoms with Crippen molar-refractivity contribution in [3.05, 3.63) is 86.7 Å². The van der Waals surface area contributed by atoms with Crippen LogP contribution in [0, 0.1) is 5.82 Å². The SMILES string of the molecule is C[C@H]1c2cc(OCc3ccc(Cl)cn3)c(Cl)cc2CCN1Cc1nc2ccc(C(=O)O)c(F)c2n1C[C@@H]1CCO1. The normalized spacial score (nSPS) is 18.9. The summed E-state index contributed by atoms with van der Waals surface area (Å²) >= 11 is 12.5. The van der Waals surface area contributed by atoms with Crippen LogP contribution in [0.25, 0.3) is 11.0 Å². The predicted octanol–water partition coefficient (Wildman–Crippen LogP) is 6.06. The fourth-order valence-corrected chi connectivity index (χ4v) is 5.72. The number of rotatable bonds is 8. The highest BCUT2D eigenvalue weighted by atomic mass is 35.5. The van der Waals surface area contributed by atoms with Crippen molar-refractivity contribution in [3.63, 3.8) is 0 Å². The van der Waals surface area contributed by atoms with Crippen LogP contribution in [0.15, 0.2) is 42.6 Å². The average Bonchev–Trinajstić information content (AvgIpc) is 3.25. The smallest absolute Gasteiger partial charge is 0.338 e. The number of halogens is 3. The predicted molar refractivity (Wildman–Crippen MR) is 149 cm³/mol. The fourth-order valence-electron chi connectivity index (χ4n) is 5.37. The number of aromatic carboxylic acids is 1. The summed E-state index contributed by atoms with van der Waals surface area (Å²) in [5.41, 5.74) is 3.25. The maximum Gasteiger partial charge on any atom is 0.338 e. The Morgan fingerprint density at radius 3 is 2.77 bits per heavy atom. The van der Waals surface area contributed by atoms with E-state index in [-0.39, 0.29) is 29.8 Å². The van der Waals surface area contributed by atoms with E-state index in [1.54, 1.807) is 22.9 Å². The second kappa shape index (κ2) is 11.0. The van der Waals surface area contributed by atoms with E-state index in [1.807, 2.05) is 18.2 Å². The monoisotopic (exact) mass is 584 g/mol. The molecule has 2 aliphatic heterocycles. The van der Waals surface area contributed by atoms with E-state index >= 15 is 4.39 Å². The van der Waals surface area contributed by atoms with E-state index in [0.29, 0.717) is 46.8 Å². The molecule has 2 aromatic carbocycles. The zero-order valence-electron chi connectivity index (χ0n) is 21.7. The molecule has 4 aromatic rings. The van der Waals surface area contributed by atoms with Gasteiger partial charge in [-0.2, -0.15) is 0 Å². The Kier molecular flexibility index (Phi) is 7.39. The van der Waals surface area contributed by atoms with Crippen LogP contribution >= 0.6 is 23.2 Å². The number of hydrogen-bond donors (Lipinski definition) is 1. The maximum atomic E-state index is 15.4. The van der Waals surface area contributed by atoms with Crippen molar-refractivity contribution in [1.82, 2.24) is 19.4 Å². The van der Waals surface area contributed by atoms with Gasteiger partial charge in [-0.05, 0) is 67.3 Å². The average molecular weight is 585 g/mol. The summed E-state index contributed by atoms with van der Waals surface area (Å²) in [6.45, 7) is 4.66. The first kappa shape index (κ1) is 27.0. The van der Waals surface area contributed by atoms with Gasteiger partial charge in [-0.15, -0.1) is 0 Å². The Bertz CT molecular complexity index is 1590. The number of ether oxygens (including phenoxy) is 2. The number of carboxylic acids is 1. The lowest BCUT2D eigenvalue weighted by Crippen LogP contribution is -2.36. The van der Waals surface area contributed by atoms with Crippen molar-refractivity contribution >= 4 is 40.2 Å². The van der Waals surface area contributed by atoms with Gasteiger partial charge in [0.15, 0.2) is 5.82 Å². The summed E-state index contributed by atoms with van der Waals surface area (Å²) in [7, 11) is 0. The van der Waals surface area contributed by atoms with E-state index in [0.717, 1.165) is 36.2 Å². The minimum Gasteiger partial charge on any atom is -0.486 e. The lowest BCUT2D eigenvalue weighted by atomic mass is 9.93. The molecule has 0 spiro atoms. The molecule has 6 rings (SSSR count). The molecule has 1 saturated heterocycles. The molecule has 11 heteroatoms. The first-order valence-electron chi connectivity index (χ1n) is 13.1. The molecule has 8 nitrogen and oxygen atoms in total. The highest BCUT2D eigenvalue weighted by Crippen LogP contribution is 2.38. The molecule has 1 fully saturated rings. The molecule has 208 valence electrons. The number of carboxylic acid groups (broad SMARTS) is 1. The van der Waals surface area contributed by atoms with Gasteiger partial charge in [0.1, 0.15) is 23.7 Å². The second-order valence-corrected chi connectivity index (χ2v) is 11.0. The van der Waals surface area contributed by atoms with Gasteiger partial charge in [0.2, 0.25) is 0 Å². The van der Waals surface area contributed by atoms with Crippen molar-refractivity contribution in [2.45, 2.75) is 51.6 Å². The van der Waals surface area contributed by atoms with Crippen LogP contribution in [0.5, 0.6) is 5.75 Å². The van der Waals surface area contributed by atoms with Crippen LogP contribution in [0.3, 0.4) is 0 Å². The number of benzene rings is 2. The summed E-state index contributed by atoms with van der Waals surface area (Å²) in [6, 6.07) is 10.4. The zero-order valence-corrected chi connectivity index (χ0v) is 23.3. The van der Waals surface area contributed by atoms with Crippen LogP contribution in [0.1, 0.15) is 52.4 Å². The number of hydrogen-bond acceptors (Lipinski definition) is 6. The molecular weight excluding hydrogens is 558 g/mol. The third-order valence-electron chi connectivity index (χ3n) is 7.70. The lowest BCUT2D eigenvalue weighted by Gasteiger charge is -2.36. The first-order chi connectivity index (χ1) is 19.3. The van der Waals surface area contributed by atoms with Crippen LogP contribution in [-0.2, 0) is 30.9 Å². The zero-order chi connectivity index (χ0) is 28.0. The molecular formula is C29H27Cl2FN4O4. The number of imidazole rings is 1. The van der Waals surface area contributed by atoms with Crippen molar-refractivity contribution in [2.24, 2.45) is 0 Å². The van der Waals surface area contributed by atoms with Crippen molar-refractivity contribution in [1.29, 1.82) is 0 Å². The summed E-state index contributed by atoms with van der Waals surface area (Å²) in [5.74, 6) is -0.838. The topological polar surface area (TPSA) is 89.7 Å². The van der Waals surface area contributed by atoms with Crippen molar-refractivity contribution in [2.75, 3.05) is 13.2 Å². The van der Waals surface area contributed by atoms with E-state index < -0.39 is 11.8 Å². The standard InChI is InChI=1S/C29H27Cl2FN4O4/c1-16-22-11-25(40-15-19-3-2-18(30)12-33-19)23(31)10-17(22)6-8-35(16)14-26-34-24-5-4-21(29(37)38)27(32)28(24)36(26)13-20-7-9-39-20/h2-5,10-12,16,20H,6-9,13-15H2,1H3,(H,37,38)/t16-,20-/m0/s1.